The van der Waals surface area contributed by atoms with Gasteiger partial charge in [-0.3, -0.25) is 0 Å². The van der Waals surface area contributed by atoms with Crippen molar-refractivity contribution >= 4 is 17.7 Å². The monoisotopic (exact) mass is 322 g/mol. The SMILES string of the molecule is CCCCOCCOC(=O)c1cccc(NC(=O)NC(C)C)c1. The number of esters is 1. The zero-order valence-corrected chi connectivity index (χ0v) is 14.1. The van der Waals surface area contributed by atoms with Crippen molar-refractivity contribution in [2.45, 2.75) is 39.7 Å². The van der Waals surface area contributed by atoms with Gasteiger partial charge in [0.25, 0.3) is 0 Å². The van der Waals surface area contributed by atoms with Crippen molar-refractivity contribution in [1.82, 2.24) is 5.32 Å². The molecule has 2 N–H and O–H groups in total. The largest absolute Gasteiger partial charge is 0.460 e. The maximum atomic E-state index is 11.9. The zero-order valence-electron chi connectivity index (χ0n) is 14.1. The second-order valence-electron chi connectivity index (χ2n) is 5.44. The number of carbonyl (C=O) groups excluding carboxylic acids is 2. The fourth-order valence-electron chi connectivity index (χ4n) is 1.78. The number of anilines is 1. The molecule has 128 valence electrons. The number of unbranched alkanes of at least 4 members (excludes halogenated alkanes) is 1. The van der Waals surface area contributed by atoms with Crippen molar-refractivity contribution in [3.05, 3.63) is 29.8 Å². The van der Waals surface area contributed by atoms with Gasteiger partial charge in [0.2, 0.25) is 0 Å². The first kappa shape index (κ1) is 19.0. The predicted molar refractivity (Wildman–Crippen MR) is 89.7 cm³/mol. The van der Waals surface area contributed by atoms with Crippen LogP contribution < -0.4 is 10.6 Å². The van der Waals surface area contributed by atoms with E-state index in [1.165, 1.54) is 0 Å². The molecule has 1 aromatic rings. The van der Waals surface area contributed by atoms with E-state index in [1.807, 2.05) is 13.8 Å². The summed E-state index contributed by atoms with van der Waals surface area (Å²) in [4.78, 5) is 23.6. The Kier molecular flexibility index (Phi) is 8.75. The molecule has 0 unspecified atom stereocenters. The second kappa shape index (κ2) is 10.6. The normalized spacial score (nSPS) is 10.4. The highest BCUT2D eigenvalue weighted by Gasteiger charge is 2.09. The summed E-state index contributed by atoms with van der Waals surface area (Å²) in [7, 11) is 0. The Labute approximate surface area is 137 Å². The van der Waals surface area contributed by atoms with Crippen molar-refractivity contribution in [1.29, 1.82) is 0 Å². The third-order valence-corrected chi connectivity index (χ3v) is 2.88. The molecule has 0 bridgehead atoms. The van der Waals surface area contributed by atoms with Crippen molar-refractivity contribution in [2.75, 3.05) is 25.1 Å². The molecule has 1 rings (SSSR count). The van der Waals surface area contributed by atoms with Gasteiger partial charge in [0.1, 0.15) is 6.61 Å². The molecule has 23 heavy (non-hydrogen) atoms. The number of ether oxygens (including phenoxy) is 2. The summed E-state index contributed by atoms with van der Waals surface area (Å²) in [6.07, 6.45) is 2.07. The van der Waals surface area contributed by atoms with Gasteiger partial charge >= 0.3 is 12.0 Å². The van der Waals surface area contributed by atoms with Gasteiger partial charge in [-0.15, -0.1) is 0 Å². The number of hydrogen-bond acceptors (Lipinski definition) is 4. The second-order valence-corrected chi connectivity index (χ2v) is 5.44. The first-order valence-electron chi connectivity index (χ1n) is 7.95. The zero-order chi connectivity index (χ0) is 17.1. The van der Waals surface area contributed by atoms with Crippen LogP contribution in [0.15, 0.2) is 24.3 Å². The van der Waals surface area contributed by atoms with Crippen LogP contribution in [-0.4, -0.2) is 37.9 Å². The lowest BCUT2D eigenvalue weighted by atomic mass is 10.2. The van der Waals surface area contributed by atoms with Crippen LogP contribution in [0.3, 0.4) is 0 Å². The van der Waals surface area contributed by atoms with E-state index in [1.54, 1.807) is 24.3 Å². The smallest absolute Gasteiger partial charge is 0.338 e. The summed E-state index contributed by atoms with van der Waals surface area (Å²) in [6, 6.07) is 6.36. The van der Waals surface area contributed by atoms with Crippen molar-refractivity contribution < 1.29 is 19.1 Å². The van der Waals surface area contributed by atoms with Crippen LogP contribution in [0.25, 0.3) is 0 Å². The minimum Gasteiger partial charge on any atom is -0.460 e. The Morgan fingerprint density at radius 2 is 1.96 bits per heavy atom. The quantitative estimate of drug-likeness (QED) is 0.541. The van der Waals surface area contributed by atoms with Crippen molar-refractivity contribution in [3.8, 4) is 0 Å². The van der Waals surface area contributed by atoms with Crippen LogP contribution in [0.2, 0.25) is 0 Å². The van der Waals surface area contributed by atoms with Gasteiger partial charge < -0.3 is 20.1 Å². The molecule has 0 aliphatic rings. The van der Waals surface area contributed by atoms with E-state index in [4.69, 9.17) is 9.47 Å². The molecule has 0 heterocycles. The first-order chi connectivity index (χ1) is 11.0. The molecule has 2 amide bonds. The molecule has 1 aromatic carbocycles. The molecule has 0 atom stereocenters. The van der Waals surface area contributed by atoms with E-state index < -0.39 is 5.97 Å². The van der Waals surface area contributed by atoms with E-state index in [-0.39, 0.29) is 18.7 Å². The highest BCUT2D eigenvalue weighted by molar-refractivity contribution is 5.93. The lowest BCUT2D eigenvalue weighted by Crippen LogP contribution is -2.34. The standard InChI is InChI=1S/C17H26N2O4/c1-4-5-9-22-10-11-23-16(20)14-7-6-8-15(12-14)19-17(21)18-13(2)3/h6-8,12-13H,4-5,9-11H2,1-3H3,(H2,18,19,21). The Morgan fingerprint density at radius 1 is 1.17 bits per heavy atom. The molecule has 0 aliphatic heterocycles. The molecular formula is C17H26N2O4. The number of carbonyl (C=O) groups is 2. The molecular weight excluding hydrogens is 296 g/mol. The van der Waals surface area contributed by atoms with E-state index in [0.29, 0.717) is 24.5 Å². The number of benzene rings is 1. The lowest BCUT2D eigenvalue weighted by Gasteiger charge is -2.11. The van der Waals surface area contributed by atoms with Crippen LogP contribution in [0.1, 0.15) is 44.0 Å². The van der Waals surface area contributed by atoms with Crippen LogP contribution in [0.5, 0.6) is 0 Å². The summed E-state index contributed by atoms with van der Waals surface area (Å²) in [6.45, 7) is 7.12. The number of rotatable bonds is 9. The minimum atomic E-state index is -0.433. The Morgan fingerprint density at radius 3 is 2.65 bits per heavy atom. The van der Waals surface area contributed by atoms with Gasteiger partial charge in [0.15, 0.2) is 0 Å². The van der Waals surface area contributed by atoms with E-state index in [0.717, 1.165) is 12.8 Å². The molecule has 0 aromatic heterocycles. The fraction of sp³-hybridized carbons (Fsp3) is 0.529. The Balaban J connectivity index is 2.42. The average molecular weight is 322 g/mol. The summed E-state index contributed by atoms with van der Waals surface area (Å²) in [5.74, 6) is -0.433. The number of amides is 2. The first-order valence-corrected chi connectivity index (χ1v) is 7.95. The van der Waals surface area contributed by atoms with Gasteiger partial charge in [-0.05, 0) is 38.5 Å². The average Bonchev–Trinajstić information content (AvgIpc) is 2.50. The molecule has 0 spiro atoms. The number of urea groups is 1. The summed E-state index contributed by atoms with van der Waals surface area (Å²) >= 11 is 0. The highest BCUT2D eigenvalue weighted by atomic mass is 16.6. The summed E-state index contributed by atoms with van der Waals surface area (Å²) < 4.78 is 10.5. The molecule has 6 heteroatoms. The van der Waals surface area contributed by atoms with Gasteiger partial charge in [0.05, 0.1) is 12.2 Å². The molecule has 0 saturated carbocycles. The van der Waals surface area contributed by atoms with Crippen LogP contribution in [0, 0.1) is 0 Å². The van der Waals surface area contributed by atoms with Gasteiger partial charge in [0, 0.05) is 18.3 Å². The van der Waals surface area contributed by atoms with Crippen LogP contribution in [-0.2, 0) is 9.47 Å². The highest BCUT2D eigenvalue weighted by Crippen LogP contribution is 2.11. The van der Waals surface area contributed by atoms with Gasteiger partial charge in [-0.1, -0.05) is 19.4 Å². The topological polar surface area (TPSA) is 76.7 Å². The maximum Gasteiger partial charge on any atom is 0.338 e. The molecule has 6 nitrogen and oxygen atoms in total. The third kappa shape index (κ3) is 8.21. The van der Waals surface area contributed by atoms with E-state index in [2.05, 4.69) is 17.6 Å². The van der Waals surface area contributed by atoms with E-state index >= 15 is 0 Å². The van der Waals surface area contributed by atoms with Crippen LogP contribution in [0.4, 0.5) is 10.5 Å². The lowest BCUT2D eigenvalue weighted by molar-refractivity contribution is 0.0314. The molecule has 0 aliphatic carbocycles. The predicted octanol–water partition coefficient (Wildman–Crippen LogP) is 3.19. The Hall–Kier alpha value is -2.08. The summed E-state index contributed by atoms with van der Waals surface area (Å²) in [5, 5.41) is 5.39. The fourth-order valence-corrected chi connectivity index (χ4v) is 1.78. The third-order valence-electron chi connectivity index (χ3n) is 2.88. The van der Waals surface area contributed by atoms with Crippen LogP contribution >= 0.6 is 0 Å². The van der Waals surface area contributed by atoms with E-state index in [9.17, 15) is 9.59 Å². The van der Waals surface area contributed by atoms with Gasteiger partial charge in [-0.25, -0.2) is 9.59 Å². The number of nitrogens with one attached hydrogen (secondary N) is 2. The van der Waals surface area contributed by atoms with Crippen molar-refractivity contribution in [3.63, 3.8) is 0 Å². The molecule has 0 saturated heterocycles. The molecule has 0 fully saturated rings. The molecule has 0 radical (unpaired) electrons. The van der Waals surface area contributed by atoms with Gasteiger partial charge in [-0.2, -0.15) is 0 Å². The van der Waals surface area contributed by atoms with Crippen molar-refractivity contribution in [2.24, 2.45) is 0 Å². The Bertz CT molecular complexity index is 503. The maximum absolute atomic E-state index is 11.9. The minimum absolute atomic E-state index is 0.0378. The summed E-state index contributed by atoms with van der Waals surface area (Å²) in [5.41, 5.74) is 0.928. The number of hydrogen-bond donors (Lipinski definition) is 2.